The van der Waals surface area contributed by atoms with Crippen LogP contribution in [0.25, 0.3) is 0 Å². The first-order valence-electron chi connectivity index (χ1n) is 7.22. The van der Waals surface area contributed by atoms with E-state index in [1.54, 1.807) is 0 Å². The molecule has 3 N–H and O–H groups in total. The highest BCUT2D eigenvalue weighted by Crippen LogP contribution is 2.48. The fraction of sp³-hybridized carbons (Fsp3) is 0.176. The lowest BCUT2D eigenvalue weighted by atomic mass is 10.1. The molecular weight excluding hydrogens is 321 g/mol. The van der Waals surface area contributed by atoms with Crippen LogP contribution in [0.2, 0.25) is 0 Å². The molecule has 1 aliphatic rings. The molecule has 1 saturated carbocycles. The third kappa shape index (κ3) is 3.10. The van der Waals surface area contributed by atoms with Crippen molar-refractivity contribution in [2.45, 2.75) is 12.3 Å². The van der Waals surface area contributed by atoms with Crippen LogP contribution in [0.5, 0.6) is 0 Å². The van der Waals surface area contributed by atoms with Crippen LogP contribution in [0.15, 0.2) is 36.4 Å². The predicted molar refractivity (Wildman–Crippen MR) is 80.8 cm³/mol. The lowest BCUT2D eigenvalue weighted by Gasteiger charge is -2.07. The lowest BCUT2D eigenvalue weighted by Crippen LogP contribution is -2.16. The zero-order valence-electron chi connectivity index (χ0n) is 12.4. The van der Waals surface area contributed by atoms with E-state index in [4.69, 9.17) is 5.73 Å². The summed E-state index contributed by atoms with van der Waals surface area (Å²) in [7, 11) is 0. The normalized spacial score (nSPS) is 19.0. The minimum absolute atomic E-state index is 0.174. The molecule has 0 aromatic heterocycles. The van der Waals surface area contributed by atoms with Gasteiger partial charge in [0, 0.05) is 17.7 Å². The van der Waals surface area contributed by atoms with Crippen LogP contribution in [-0.2, 0) is 4.79 Å². The molecule has 3 rings (SSSR count). The number of rotatable bonds is 4. The second-order valence-corrected chi connectivity index (χ2v) is 5.66. The molecular formula is C17H13F3N2O2. The van der Waals surface area contributed by atoms with Crippen LogP contribution in [0, 0.1) is 23.4 Å². The standard InChI is InChI=1S/C17H13F3N2O2/c18-8-1-3-10(14(19)5-8)12-7-13(12)17(24)22-9-2-4-11(16(21)23)15(20)6-9/h1-6,12-13H,7H2,(H2,21,23)(H,22,24)/t12-,13+/m1/s1. The van der Waals surface area contributed by atoms with Crippen LogP contribution < -0.4 is 11.1 Å². The molecule has 4 nitrogen and oxygen atoms in total. The summed E-state index contributed by atoms with van der Waals surface area (Å²) in [6, 6.07) is 6.77. The van der Waals surface area contributed by atoms with Crippen LogP contribution in [-0.4, -0.2) is 11.8 Å². The van der Waals surface area contributed by atoms with Gasteiger partial charge in [-0.05, 0) is 42.2 Å². The average molecular weight is 334 g/mol. The van der Waals surface area contributed by atoms with Crippen molar-refractivity contribution in [3.05, 3.63) is 65.0 Å². The van der Waals surface area contributed by atoms with E-state index in [9.17, 15) is 22.8 Å². The fourth-order valence-corrected chi connectivity index (χ4v) is 2.66. The van der Waals surface area contributed by atoms with E-state index in [0.717, 1.165) is 18.2 Å². The van der Waals surface area contributed by atoms with Gasteiger partial charge in [-0.2, -0.15) is 0 Å². The first-order valence-corrected chi connectivity index (χ1v) is 7.22. The molecule has 1 aliphatic carbocycles. The van der Waals surface area contributed by atoms with Crippen molar-refractivity contribution < 1.29 is 22.8 Å². The first-order chi connectivity index (χ1) is 11.4. The Morgan fingerprint density at radius 2 is 1.79 bits per heavy atom. The zero-order valence-corrected chi connectivity index (χ0v) is 12.4. The summed E-state index contributed by atoms with van der Waals surface area (Å²) < 4.78 is 40.3. The number of nitrogens with two attached hydrogens (primary N) is 1. The summed E-state index contributed by atoms with van der Waals surface area (Å²) in [6.45, 7) is 0. The van der Waals surface area contributed by atoms with Gasteiger partial charge in [-0.3, -0.25) is 9.59 Å². The topological polar surface area (TPSA) is 72.2 Å². The largest absolute Gasteiger partial charge is 0.366 e. The van der Waals surface area contributed by atoms with Gasteiger partial charge < -0.3 is 11.1 Å². The minimum Gasteiger partial charge on any atom is -0.366 e. The molecule has 2 atom stereocenters. The Kier molecular flexibility index (Phi) is 4.01. The van der Waals surface area contributed by atoms with Crippen LogP contribution in [0.3, 0.4) is 0 Å². The Labute approximate surface area is 135 Å². The van der Waals surface area contributed by atoms with Crippen molar-refractivity contribution in [1.29, 1.82) is 0 Å². The highest BCUT2D eigenvalue weighted by molar-refractivity contribution is 5.97. The molecule has 0 spiro atoms. The molecule has 0 unspecified atom stereocenters. The zero-order chi connectivity index (χ0) is 17.4. The van der Waals surface area contributed by atoms with Gasteiger partial charge in [-0.15, -0.1) is 0 Å². The number of amides is 2. The van der Waals surface area contributed by atoms with E-state index >= 15 is 0 Å². The van der Waals surface area contributed by atoms with Crippen molar-refractivity contribution in [2.24, 2.45) is 11.7 Å². The number of hydrogen-bond acceptors (Lipinski definition) is 2. The van der Waals surface area contributed by atoms with Gasteiger partial charge in [0.2, 0.25) is 5.91 Å². The smallest absolute Gasteiger partial charge is 0.251 e. The second kappa shape index (κ2) is 5.99. The molecule has 0 saturated heterocycles. The Bertz CT molecular complexity index is 839. The van der Waals surface area contributed by atoms with Gasteiger partial charge in [0.05, 0.1) is 5.56 Å². The van der Waals surface area contributed by atoms with Crippen molar-refractivity contribution in [3.8, 4) is 0 Å². The number of benzene rings is 2. The molecule has 24 heavy (non-hydrogen) atoms. The summed E-state index contributed by atoms with van der Waals surface area (Å²) in [5.74, 6) is -4.30. The van der Waals surface area contributed by atoms with Gasteiger partial charge in [0.15, 0.2) is 0 Å². The Balaban J connectivity index is 1.69. The molecule has 0 radical (unpaired) electrons. The number of nitrogens with one attached hydrogen (secondary N) is 1. The van der Waals surface area contributed by atoms with Crippen LogP contribution in [0.1, 0.15) is 28.3 Å². The number of primary amides is 1. The van der Waals surface area contributed by atoms with E-state index in [1.165, 1.54) is 18.2 Å². The minimum atomic E-state index is -0.903. The van der Waals surface area contributed by atoms with E-state index in [1.807, 2.05) is 0 Å². The second-order valence-electron chi connectivity index (χ2n) is 5.66. The Morgan fingerprint density at radius 1 is 1.04 bits per heavy atom. The number of carbonyl (C=O) groups excluding carboxylic acids is 2. The number of anilines is 1. The number of carbonyl (C=O) groups is 2. The molecule has 0 heterocycles. The van der Waals surface area contributed by atoms with Gasteiger partial charge in [0.25, 0.3) is 5.91 Å². The maximum atomic E-state index is 13.7. The molecule has 124 valence electrons. The predicted octanol–water partition coefficient (Wildman–Crippen LogP) is 2.95. The molecule has 2 aromatic rings. The maximum absolute atomic E-state index is 13.7. The SMILES string of the molecule is NC(=O)c1ccc(NC(=O)[C@H]2C[C@@H]2c2ccc(F)cc2F)cc1F. The van der Waals surface area contributed by atoms with Crippen LogP contribution in [0.4, 0.5) is 18.9 Å². The monoisotopic (exact) mass is 334 g/mol. The summed E-state index contributed by atoms with van der Waals surface area (Å²) in [5, 5.41) is 2.51. The molecule has 2 aromatic carbocycles. The third-order valence-electron chi connectivity index (χ3n) is 3.99. The Hall–Kier alpha value is -2.83. The lowest BCUT2D eigenvalue weighted by molar-refractivity contribution is -0.117. The quantitative estimate of drug-likeness (QED) is 0.902. The Morgan fingerprint density at radius 3 is 2.42 bits per heavy atom. The average Bonchev–Trinajstić information content (AvgIpc) is 3.27. The van der Waals surface area contributed by atoms with E-state index in [2.05, 4.69) is 5.32 Å². The van der Waals surface area contributed by atoms with E-state index in [-0.39, 0.29) is 22.7 Å². The third-order valence-corrected chi connectivity index (χ3v) is 3.99. The van der Waals surface area contributed by atoms with Crippen molar-refractivity contribution in [1.82, 2.24) is 0 Å². The van der Waals surface area contributed by atoms with Gasteiger partial charge in [-0.25, -0.2) is 13.2 Å². The fourth-order valence-electron chi connectivity index (χ4n) is 2.66. The summed E-state index contributed by atoms with van der Waals surface area (Å²) in [6.07, 6.45) is 0.427. The van der Waals surface area contributed by atoms with Crippen molar-refractivity contribution >= 4 is 17.5 Å². The van der Waals surface area contributed by atoms with Crippen molar-refractivity contribution in [3.63, 3.8) is 0 Å². The van der Waals surface area contributed by atoms with Gasteiger partial charge >= 0.3 is 0 Å². The summed E-state index contributed by atoms with van der Waals surface area (Å²) in [4.78, 5) is 23.1. The summed E-state index contributed by atoms with van der Waals surface area (Å²) in [5.41, 5.74) is 5.19. The van der Waals surface area contributed by atoms with E-state index in [0.29, 0.717) is 6.42 Å². The molecule has 2 amide bonds. The number of hydrogen-bond donors (Lipinski definition) is 2. The number of halogens is 3. The molecule has 0 aliphatic heterocycles. The summed E-state index contributed by atoms with van der Waals surface area (Å²) >= 11 is 0. The molecule has 0 bridgehead atoms. The maximum Gasteiger partial charge on any atom is 0.251 e. The van der Waals surface area contributed by atoms with Gasteiger partial charge in [-0.1, -0.05) is 6.07 Å². The highest BCUT2D eigenvalue weighted by Gasteiger charge is 2.45. The van der Waals surface area contributed by atoms with Crippen molar-refractivity contribution in [2.75, 3.05) is 5.32 Å². The molecule has 1 fully saturated rings. The molecule has 7 heteroatoms. The van der Waals surface area contributed by atoms with Crippen LogP contribution >= 0.6 is 0 Å². The van der Waals surface area contributed by atoms with E-state index < -0.39 is 35.2 Å². The highest BCUT2D eigenvalue weighted by atomic mass is 19.1. The van der Waals surface area contributed by atoms with Gasteiger partial charge in [0.1, 0.15) is 17.5 Å². The first kappa shape index (κ1) is 16.0.